The fourth-order valence-corrected chi connectivity index (χ4v) is 1.74. The molecular weight excluding hydrogens is 212 g/mol. The van der Waals surface area contributed by atoms with Gasteiger partial charge in [-0.2, -0.15) is 0 Å². The van der Waals surface area contributed by atoms with E-state index in [-0.39, 0.29) is 24.6 Å². The van der Waals surface area contributed by atoms with Gasteiger partial charge in [0, 0.05) is 24.9 Å². The van der Waals surface area contributed by atoms with Crippen LogP contribution in [0.2, 0.25) is 0 Å². The first-order valence-electron chi connectivity index (χ1n) is 4.95. The third kappa shape index (κ3) is 1.76. The number of rotatable bonds is 2. The molecular formula is C9H12N4O3. The summed E-state index contributed by atoms with van der Waals surface area (Å²) in [4.78, 5) is 36.5. The highest BCUT2D eigenvalue weighted by Crippen LogP contribution is 2.16. The summed E-state index contributed by atoms with van der Waals surface area (Å²) in [5.41, 5.74) is 5.57. The number of carbonyl (C=O) groups excluding carboxylic acids is 2. The van der Waals surface area contributed by atoms with Crippen molar-refractivity contribution >= 4 is 11.8 Å². The highest BCUT2D eigenvalue weighted by molar-refractivity contribution is 5.99. The van der Waals surface area contributed by atoms with Crippen molar-refractivity contribution in [1.29, 1.82) is 0 Å². The van der Waals surface area contributed by atoms with E-state index < -0.39 is 11.9 Å². The summed E-state index contributed by atoms with van der Waals surface area (Å²) in [7, 11) is 0. The summed E-state index contributed by atoms with van der Waals surface area (Å²) >= 11 is 0. The molecule has 1 aromatic heterocycles. The standard InChI is InChI=1S/C9H12N4O3/c10-3-5-4-13(9(16)11-5)6-1-2-7(14)12-8(6)15/h4,6H,1-3,10H2,(H,11,16)(H,12,14,15). The molecule has 0 spiro atoms. The van der Waals surface area contributed by atoms with Crippen LogP contribution in [0.1, 0.15) is 24.6 Å². The number of H-pyrrole nitrogens is 1. The predicted molar refractivity (Wildman–Crippen MR) is 54.4 cm³/mol. The number of amides is 2. The minimum atomic E-state index is -0.623. The lowest BCUT2D eigenvalue weighted by Crippen LogP contribution is -2.43. The lowest BCUT2D eigenvalue weighted by molar-refractivity contribution is -0.135. The minimum absolute atomic E-state index is 0.204. The van der Waals surface area contributed by atoms with Crippen molar-refractivity contribution < 1.29 is 9.59 Å². The van der Waals surface area contributed by atoms with Crippen LogP contribution in [0.5, 0.6) is 0 Å². The first-order chi connectivity index (χ1) is 7.61. The largest absolute Gasteiger partial charge is 0.326 e. The zero-order valence-corrected chi connectivity index (χ0v) is 8.53. The summed E-state index contributed by atoms with van der Waals surface area (Å²) in [6, 6.07) is -0.623. The van der Waals surface area contributed by atoms with E-state index >= 15 is 0 Å². The van der Waals surface area contributed by atoms with E-state index in [4.69, 9.17) is 5.73 Å². The monoisotopic (exact) mass is 224 g/mol. The van der Waals surface area contributed by atoms with Crippen LogP contribution in [0.3, 0.4) is 0 Å². The number of imide groups is 1. The Morgan fingerprint density at radius 3 is 2.75 bits per heavy atom. The highest BCUT2D eigenvalue weighted by atomic mass is 16.2. The van der Waals surface area contributed by atoms with E-state index in [0.29, 0.717) is 12.1 Å². The van der Waals surface area contributed by atoms with Crippen molar-refractivity contribution in [3.63, 3.8) is 0 Å². The Bertz CT molecular complexity index is 487. The smallest absolute Gasteiger partial charge is 0.325 e. The highest BCUT2D eigenvalue weighted by Gasteiger charge is 2.29. The number of piperidine rings is 1. The molecule has 16 heavy (non-hydrogen) atoms. The van der Waals surface area contributed by atoms with Gasteiger partial charge < -0.3 is 10.7 Å². The number of nitrogens with zero attached hydrogens (tertiary/aromatic N) is 1. The molecule has 1 aliphatic heterocycles. The Labute approximate surface area is 90.6 Å². The number of nitrogens with two attached hydrogens (primary N) is 1. The number of aromatic amines is 1. The number of imidazole rings is 1. The van der Waals surface area contributed by atoms with Crippen molar-refractivity contribution in [3.05, 3.63) is 22.4 Å². The Hall–Kier alpha value is -1.89. The average Bonchev–Trinajstić information content (AvgIpc) is 2.60. The van der Waals surface area contributed by atoms with E-state index in [9.17, 15) is 14.4 Å². The van der Waals surface area contributed by atoms with Crippen LogP contribution in [-0.4, -0.2) is 21.4 Å². The topological polar surface area (TPSA) is 110 Å². The van der Waals surface area contributed by atoms with Crippen LogP contribution in [0.4, 0.5) is 0 Å². The third-order valence-corrected chi connectivity index (χ3v) is 2.56. The lowest BCUT2D eigenvalue weighted by atomic mass is 10.1. The number of hydrogen-bond donors (Lipinski definition) is 3. The fraction of sp³-hybridized carbons (Fsp3) is 0.444. The van der Waals surface area contributed by atoms with Gasteiger partial charge in [-0.3, -0.25) is 19.5 Å². The Balaban J connectivity index is 2.30. The van der Waals surface area contributed by atoms with Gasteiger partial charge in [0.25, 0.3) is 0 Å². The van der Waals surface area contributed by atoms with Crippen LogP contribution in [0, 0.1) is 0 Å². The van der Waals surface area contributed by atoms with Crippen molar-refractivity contribution in [2.75, 3.05) is 0 Å². The summed E-state index contributed by atoms with van der Waals surface area (Å²) in [6.07, 6.45) is 2.10. The number of carbonyl (C=O) groups is 2. The van der Waals surface area contributed by atoms with Gasteiger partial charge in [0.15, 0.2) is 0 Å². The van der Waals surface area contributed by atoms with Crippen molar-refractivity contribution in [1.82, 2.24) is 14.9 Å². The van der Waals surface area contributed by atoms with E-state index in [2.05, 4.69) is 10.3 Å². The van der Waals surface area contributed by atoms with Crippen LogP contribution in [0.15, 0.2) is 11.0 Å². The van der Waals surface area contributed by atoms with Gasteiger partial charge in [-0.1, -0.05) is 0 Å². The second-order valence-corrected chi connectivity index (χ2v) is 3.66. The molecule has 0 bridgehead atoms. The molecule has 1 aromatic rings. The first kappa shape index (κ1) is 10.6. The summed E-state index contributed by atoms with van der Waals surface area (Å²) in [6.45, 7) is 0.204. The van der Waals surface area contributed by atoms with Crippen LogP contribution in [0.25, 0.3) is 0 Å². The molecule has 86 valence electrons. The van der Waals surface area contributed by atoms with Gasteiger partial charge in [-0.25, -0.2) is 4.79 Å². The van der Waals surface area contributed by atoms with Gasteiger partial charge in [0.1, 0.15) is 6.04 Å². The number of nitrogens with one attached hydrogen (secondary N) is 2. The van der Waals surface area contributed by atoms with Gasteiger partial charge in [-0.15, -0.1) is 0 Å². The normalized spacial score (nSPS) is 20.9. The maximum Gasteiger partial charge on any atom is 0.326 e. The molecule has 0 aromatic carbocycles. The van der Waals surface area contributed by atoms with Crippen LogP contribution < -0.4 is 16.7 Å². The average molecular weight is 224 g/mol. The molecule has 1 saturated heterocycles. The lowest BCUT2D eigenvalue weighted by Gasteiger charge is -2.20. The maximum atomic E-state index is 11.5. The van der Waals surface area contributed by atoms with E-state index in [0.717, 1.165) is 0 Å². The molecule has 1 atom stereocenters. The molecule has 7 heteroatoms. The second-order valence-electron chi connectivity index (χ2n) is 3.66. The zero-order chi connectivity index (χ0) is 11.7. The first-order valence-corrected chi connectivity index (χ1v) is 4.95. The molecule has 0 radical (unpaired) electrons. The van der Waals surface area contributed by atoms with E-state index in [1.807, 2.05) is 0 Å². The van der Waals surface area contributed by atoms with Crippen molar-refractivity contribution in [2.24, 2.45) is 5.73 Å². The summed E-state index contributed by atoms with van der Waals surface area (Å²) in [5.74, 6) is -0.746. The number of hydrogen-bond acceptors (Lipinski definition) is 4. The van der Waals surface area contributed by atoms with E-state index in [1.54, 1.807) is 0 Å². The van der Waals surface area contributed by atoms with Crippen molar-refractivity contribution in [3.8, 4) is 0 Å². The van der Waals surface area contributed by atoms with Crippen LogP contribution in [-0.2, 0) is 16.1 Å². The SMILES string of the molecule is NCc1cn(C2CCC(=O)NC2=O)c(=O)[nH]1. The fourth-order valence-electron chi connectivity index (χ4n) is 1.74. The van der Waals surface area contributed by atoms with Crippen LogP contribution >= 0.6 is 0 Å². The number of aromatic nitrogens is 2. The molecule has 1 unspecified atom stereocenters. The molecule has 7 nitrogen and oxygen atoms in total. The zero-order valence-electron chi connectivity index (χ0n) is 8.53. The summed E-state index contributed by atoms with van der Waals surface area (Å²) in [5, 5.41) is 2.20. The summed E-state index contributed by atoms with van der Waals surface area (Å²) < 4.78 is 1.28. The predicted octanol–water partition coefficient (Wildman–Crippen LogP) is -1.39. The molecule has 0 saturated carbocycles. The third-order valence-electron chi connectivity index (χ3n) is 2.56. The molecule has 2 heterocycles. The Morgan fingerprint density at radius 1 is 1.44 bits per heavy atom. The van der Waals surface area contributed by atoms with Gasteiger partial charge >= 0.3 is 5.69 Å². The van der Waals surface area contributed by atoms with Gasteiger partial charge in [0.05, 0.1) is 0 Å². The second kappa shape index (κ2) is 3.93. The maximum absolute atomic E-state index is 11.5. The molecule has 0 aliphatic carbocycles. The molecule has 1 fully saturated rings. The Morgan fingerprint density at radius 2 is 2.19 bits per heavy atom. The van der Waals surface area contributed by atoms with Crippen molar-refractivity contribution in [2.45, 2.75) is 25.4 Å². The molecule has 2 rings (SSSR count). The van der Waals surface area contributed by atoms with E-state index in [1.165, 1.54) is 10.8 Å². The molecule has 4 N–H and O–H groups in total. The molecule has 1 aliphatic rings. The van der Waals surface area contributed by atoms with Gasteiger partial charge in [-0.05, 0) is 6.42 Å². The Kier molecular flexibility index (Phi) is 2.61. The van der Waals surface area contributed by atoms with Gasteiger partial charge in [0.2, 0.25) is 11.8 Å². The molecule has 2 amide bonds. The minimum Gasteiger partial charge on any atom is -0.325 e. The quantitative estimate of drug-likeness (QED) is 0.537.